The van der Waals surface area contributed by atoms with Crippen molar-refractivity contribution in [3.8, 4) is 0 Å². The van der Waals surface area contributed by atoms with E-state index in [9.17, 15) is 35.2 Å². The topological polar surface area (TPSA) is 86.5 Å². The van der Waals surface area contributed by atoms with E-state index in [4.69, 9.17) is 0 Å². The molecule has 0 bridgehead atoms. The summed E-state index contributed by atoms with van der Waals surface area (Å²) in [6, 6.07) is 9.86. The predicted molar refractivity (Wildman–Crippen MR) is 77.3 cm³/mol. The standard InChI is InChI=1S/C14H10F5NO4S/c15-13(16,17)12(14(18,19)25(20,22)23)24-11(21)10-7-3-5-8-4-1-2-6-9(8)10/h1-7,12H,(H2,20,22,23). The fraction of sp³-hybridized carbons (Fsp3) is 0.214. The van der Waals surface area contributed by atoms with E-state index in [0.717, 1.165) is 6.07 Å². The molecule has 2 aromatic rings. The molecule has 136 valence electrons. The Bertz CT molecular complexity index is 906. The van der Waals surface area contributed by atoms with Gasteiger partial charge in [0.2, 0.25) is 0 Å². The van der Waals surface area contributed by atoms with Crippen LogP contribution in [0.2, 0.25) is 0 Å². The maximum atomic E-state index is 13.6. The second kappa shape index (κ2) is 6.23. The molecule has 0 radical (unpaired) electrons. The quantitative estimate of drug-likeness (QED) is 0.650. The van der Waals surface area contributed by atoms with Crippen LogP contribution in [0.5, 0.6) is 0 Å². The molecular weight excluding hydrogens is 373 g/mol. The first-order valence-corrected chi connectivity index (χ1v) is 8.06. The van der Waals surface area contributed by atoms with Gasteiger partial charge >= 0.3 is 17.4 Å². The molecule has 0 aliphatic rings. The number of primary sulfonamides is 1. The molecule has 0 saturated carbocycles. The van der Waals surface area contributed by atoms with Crippen LogP contribution >= 0.6 is 0 Å². The first-order chi connectivity index (χ1) is 11.4. The number of sulfonamides is 1. The van der Waals surface area contributed by atoms with Gasteiger partial charge in [-0.15, -0.1) is 0 Å². The van der Waals surface area contributed by atoms with Crippen LogP contribution in [0.4, 0.5) is 22.0 Å². The molecule has 2 aromatic carbocycles. The van der Waals surface area contributed by atoms with Crippen molar-refractivity contribution >= 4 is 26.8 Å². The smallest absolute Gasteiger partial charge is 0.432 e. The van der Waals surface area contributed by atoms with Crippen LogP contribution in [0.3, 0.4) is 0 Å². The van der Waals surface area contributed by atoms with Gasteiger partial charge in [-0.1, -0.05) is 36.4 Å². The number of fused-ring (bicyclic) bond motifs is 1. The summed E-state index contributed by atoms with van der Waals surface area (Å²) in [4.78, 5) is 12.0. The number of alkyl halides is 5. The number of hydrogen-bond donors (Lipinski definition) is 1. The lowest BCUT2D eigenvalue weighted by atomic mass is 10.0. The van der Waals surface area contributed by atoms with Gasteiger partial charge in [0, 0.05) is 0 Å². The summed E-state index contributed by atoms with van der Waals surface area (Å²) in [7, 11) is -5.99. The lowest BCUT2D eigenvalue weighted by molar-refractivity contribution is -0.246. The Labute approximate surface area is 138 Å². The first kappa shape index (κ1) is 19.1. The Morgan fingerprint density at radius 1 is 1.00 bits per heavy atom. The number of ether oxygens (including phenoxy) is 1. The highest BCUT2D eigenvalue weighted by Gasteiger charge is 2.65. The van der Waals surface area contributed by atoms with E-state index in [1.54, 1.807) is 6.07 Å². The maximum Gasteiger partial charge on any atom is 0.432 e. The molecule has 2 N–H and O–H groups in total. The largest absolute Gasteiger partial charge is 0.441 e. The molecule has 5 nitrogen and oxygen atoms in total. The lowest BCUT2D eigenvalue weighted by Gasteiger charge is -2.26. The highest BCUT2D eigenvalue weighted by molar-refractivity contribution is 7.90. The monoisotopic (exact) mass is 383 g/mol. The van der Waals surface area contributed by atoms with Crippen LogP contribution in [0.25, 0.3) is 10.8 Å². The molecule has 0 aliphatic heterocycles. The normalized spacial score (nSPS) is 14.3. The van der Waals surface area contributed by atoms with Gasteiger partial charge in [0.1, 0.15) is 0 Å². The number of esters is 1. The molecule has 11 heteroatoms. The Hall–Kier alpha value is -2.27. The summed E-state index contributed by atoms with van der Waals surface area (Å²) in [5.74, 6) is -1.76. The highest BCUT2D eigenvalue weighted by Crippen LogP contribution is 2.38. The van der Waals surface area contributed by atoms with Gasteiger partial charge in [-0.05, 0) is 16.8 Å². The van der Waals surface area contributed by atoms with E-state index in [2.05, 4.69) is 9.88 Å². The van der Waals surface area contributed by atoms with E-state index in [1.807, 2.05) is 0 Å². The molecule has 1 unspecified atom stereocenters. The fourth-order valence-corrected chi connectivity index (χ4v) is 2.53. The second-order valence-electron chi connectivity index (χ2n) is 4.96. The van der Waals surface area contributed by atoms with Crippen molar-refractivity contribution in [3.05, 3.63) is 48.0 Å². The van der Waals surface area contributed by atoms with Gasteiger partial charge in [0.05, 0.1) is 5.56 Å². The van der Waals surface area contributed by atoms with Gasteiger partial charge in [0.25, 0.3) is 16.1 Å². The van der Waals surface area contributed by atoms with E-state index >= 15 is 0 Å². The molecule has 0 aromatic heterocycles. The number of benzene rings is 2. The average Bonchev–Trinajstić information content (AvgIpc) is 2.49. The third-order valence-electron chi connectivity index (χ3n) is 3.22. The maximum absolute atomic E-state index is 13.6. The average molecular weight is 383 g/mol. The summed E-state index contributed by atoms with van der Waals surface area (Å²) >= 11 is 0. The van der Waals surface area contributed by atoms with E-state index in [-0.39, 0.29) is 5.39 Å². The van der Waals surface area contributed by atoms with Crippen molar-refractivity contribution < 1.29 is 39.9 Å². The minimum atomic E-state index is -5.99. The van der Waals surface area contributed by atoms with E-state index < -0.39 is 39.1 Å². The molecule has 0 saturated heterocycles. The lowest BCUT2D eigenvalue weighted by Crippen LogP contribution is -2.54. The van der Waals surface area contributed by atoms with Crippen molar-refractivity contribution in [2.75, 3.05) is 0 Å². The zero-order valence-electron chi connectivity index (χ0n) is 12.1. The van der Waals surface area contributed by atoms with Crippen molar-refractivity contribution in [1.82, 2.24) is 0 Å². The van der Waals surface area contributed by atoms with E-state index in [1.165, 1.54) is 30.3 Å². The van der Waals surface area contributed by atoms with Crippen LogP contribution in [0.1, 0.15) is 10.4 Å². The minimum absolute atomic E-state index is 0.148. The minimum Gasteiger partial charge on any atom is -0.441 e. The summed E-state index contributed by atoms with van der Waals surface area (Å²) < 4.78 is 91.2. The van der Waals surface area contributed by atoms with Crippen molar-refractivity contribution in [2.45, 2.75) is 17.5 Å². The Balaban J connectivity index is 2.48. The fourth-order valence-electron chi connectivity index (χ4n) is 2.05. The molecule has 25 heavy (non-hydrogen) atoms. The second-order valence-corrected chi connectivity index (χ2v) is 6.59. The molecular formula is C14H10F5NO4S. The number of hydrogen-bond acceptors (Lipinski definition) is 4. The van der Waals surface area contributed by atoms with Gasteiger partial charge < -0.3 is 4.74 Å². The summed E-state index contributed by atoms with van der Waals surface area (Å²) in [5.41, 5.74) is -0.433. The third-order valence-corrected chi connectivity index (χ3v) is 4.19. The number of halogens is 5. The summed E-state index contributed by atoms with van der Waals surface area (Å²) in [6.45, 7) is 0. The van der Waals surface area contributed by atoms with Crippen molar-refractivity contribution in [1.29, 1.82) is 0 Å². The number of nitrogens with two attached hydrogens (primary N) is 1. The van der Waals surface area contributed by atoms with Crippen LogP contribution in [-0.2, 0) is 14.8 Å². The summed E-state index contributed by atoms with van der Waals surface area (Å²) in [6.07, 6.45) is -10.1. The summed E-state index contributed by atoms with van der Waals surface area (Å²) in [5, 5.41) is -0.812. The molecule has 0 spiro atoms. The third kappa shape index (κ3) is 3.71. The van der Waals surface area contributed by atoms with Crippen LogP contribution in [0.15, 0.2) is 42.5 Å². The van der Waals surface area contributed by atoms with Gasteiger partial charge in [0.15, 0.2) is 0 Å². The molecule has 0 amide bonds. The zero-order valence-corrected chi connectivity index (χ0v) is 12.9. The van der Waals surface area contributed by atoms with Crippen LogP contribution in [0, 0.1) is 0 Å². The zero-order chi connectivity index (χ0) is 19.0. The van der Waals surface area contributed by atoms with Crippen LogP contribution < -0.4 is 5.14 Å². The SMILES string of the molecule is NS(=O)(=O)C(F)(F)C(OC(=O)c1cccc2ccccc12)C(F)(F)F. The predicted octanol–water partition coefficient (Wildman–Crippen LogP) is 2.81. The van der Waals surface area contributed by atoms with Crippen LogP contribution in [-0.4, -0.2) is 31.9 Å². The Morgan fingerprint density at radius 2 is 1.56 bits per heavy atom. The molecule has 0 fully saturated rings. The number of rotatable bonds is 4. The highest BCUT2D eigenvalue weighted by atomic mass is 32.2. The van der Waals surface area contributed by atoms with E-state index in [0.29, 0.717) is 5.39 Å². The van der Waals surface area contributed by atoms with Gasteiger partial charge in [-0.25, -0.2) is 18.4 Å². The number of carbonyl (C=O) groups is 1. The van der Waals surface area contributed by atoms with Crippen molar-refractivity contribution in [3.63, 3.8) is 0 Å². The molecule has 0 aliphatic carbocycles. The number of carbonyl (C=O) groups excluding carboxylic acids is 1. The van der Waals surface area contributed by atoms with Crippen molar-refractivity contribution in [2.24, 2.45) is 5.14 Å². The first-order valence-electron chi connectivity index (χ1n) is 6.51. The molecule has 0 heterocycles. The Kier molecular flexibility index (Phi) is 4.75. The molecule has 1 atom stereocenters. The van der Waals surface area contributed by atoms with Gasteiger partial charge in [-0.2, -0.15) is 22.0 Å². The molecule has 2 rings (SSSR count). The Morgan fingerprint density at radius 3 is 2.12 bits per heavy atom. The van der Waals surface area contributed by atoms with Gasteiger partial charge in [-0.3, -0.25) is 0 Å².